The van der Waals surface area contributed by atoms with Crippen LogP contribution in [0.4, 0.5) is 0 Å². The predicted molar refractivity (Wildman–Crippen MR) is 456 cm³/mol. The van der Waals surface area contributed by atoms with Gasteiger partial charge < -0.3 is 13.7 Å². The number of pyridine rings is 2. The first-order valence-electron chi connectivity index (χ1n) is 38.3. The fourth-order valence-electron chi connectivity index (χ4n) is 20.4. The molecule has 0 spiro atoms. The Morgan fingerprint density at radius 3 is 0.982 bits per heavy atom. The topological polar surface area (TPSA) is 40.6 Å². The van der Waals surface area contributed by atoms with Gasteiger partial charge in [0.1, 0.15) is 0 Å². The minimum atomic E-state index is -0.0670. The molecular formula is C104H75N5. The largest absolute Gasteiger partial charge is 0.309 e. The normalized spacial score (nSPS) is 14.3. The van der Waals surface area contributed by atoms with Gasteiger partial charge in [0.15, 0.2) is 0 Å². The molecule has 15 aromatic carbocycles. The van der Waals surface area contributed by atoms with Crippen molar-refractivity contribution in [2.45, 2.75) is 63.7 Å². The molecule has 0 saturated heterocycles. The Hall–Kier alpha value is -13.2. The van der Waals surface area contributed by atoms with Gasteiger partial charge in [0.05, 0.1) is 45.0 Å². The molecule has 0 N–H and O–H groups in total. The maximum Gasteiger partial charge on any atom is 0.0645 e. The van der Waals surface area contributed by atoms with E-state index in [-0.39, 0.29) is 22.2 Å². The SMILES string of the molecule is CC1(C)c2ccccc2-c2c3c1cccc3cc1c2c2ccccc2n1-c1ccc(C2c3ccccc3-c3ccccc32)cc1.CC1(C)c2ccccc2-c2c3c1cccc3cc1c2c2ccccc2n1-c1cccnc1.CC1(C)c2ccccc2-c2c3c1cccc3cc1c2c2ccccc2n1-c1ccncc1. The molecule has 5 aromatic heterocycles. The number of rotatable bonds is 4. The molecule has 109 heavy (non-hydrogen) atoms. The summed E-state index contributed by atoms with van der Waals surface area (Å²) in [7, 11) is 0. The quantitative estimate of drug-likeness (QED) is 0.176. The van der Waals surface area contributed by atoms with E-state index in [2.05, 4.69) is 375 Å². The average molecular weight is 1390 g/mol. The van der Waals surface area contributed by atoms with E-state index in [4.69, 9.17) is 0 Å². The van der Waals surface area contributed by atoms with Gasteiger partial charge in [-0.1, -0.05) is 284 Å². The van der Waals surface area contributed by atoms with Crippen molar-refractivity contribution in [1.82, 2.24) is 23.7 Å². The Balaban J connectivity index is 0.000000103. The molecule has 0 aliphatic heterocycles. The van der Waals surface area contributed by atoms with Crippen LogP contribution in [0.5, 0.6) is 0 Å². The molecule has 0 atom stereocenters. The second-order valence-electron chi connectivity index (χ2n) is 31.8. The number of nitrogens with zero attached hydrogens (tertiary/aromatic N) is 5. The van der Waals surface area contributed by atoms with Crippen LogP contribution in [0.1, 0.15) is 97.5 Å². The van der Waals surface area contributed by atoms with Crippen molar-refractivity contribution in [3.8, 4) is 61.6 Å². The van der Waals surface area contributed by atoms with Gasteiger partial charge in [-0.3, -0.25) is 9.97 Å². The fraction of sp³-hybridized carbons (Fsp3) is 0.0962. The molecule has 4 aliphatic carbocycles. The van der Waals surface area contributed by atoms with E-state index in [0.717, 1.165) is 11.4 Å². The molecule has 5 heteroatoms. The molecule has 0 fully saturated rings. The summed E-state index contributed by atoms with van der Waals surface area (Å²) in [6.45, 7) is 14.2. The molecule has 0 unspecified atom stereocenters. The Morgan fingerprint density at radius 2 is 0.587 bits per heavy atom. The van der Waals surface area contributed by atoms with Crippen molar-refractivity contribution in [3.63, 3.8) is 0 Å². The van der Waals surface area contributed by atoms with Gasteiger partial charge in [0.25, 0.3) is 0 Å². The molecular weight excluding hydrogens is 1320 g/mol. The van der Waals surface area contributed by atoms with Gasteiger partial charge >= 0.3 is 0 Å². The van der Waals surface area contributed by atoms with Crippen LogP contribution < -0.4 is 0 Å². The van der Waals surface area contributed by atoms with Crippen LogP contribution in [0, 0.1) is 0 Å². The minimum absolute atomic E-state index is 0.0414. The zero-order valence-corrected chi connectivity index (χ0v) is 61.6. The molecule has 24 rings (SSSR count). The van der Waals surface area contributed by atoms with E-state index in [0.29, 0.717) is 0 Å². The van der Waals surface area contributed by atoms with Crippen LogP contribution in [0.15, 0.2) is 340 Å². The Bertz CT molecular complexity index is 6940. The molecule has 516 valence electrons. The van der Waals surface area contributed by atoms with Crippen LogP contribution in [0.2, 0.25) is 0 Å². The van der Waals surface area contributed by atoms with Crippen LogP contribution >= 0.6 is 0 Å². The average Bonchev–Trinajstić information content (AvgIpc) is 1.67. The maximum atomic E-state index is 4.42. The monoisotopic (exact) mass is 1390 g/mol. The lowest BCUT2D eigenvalue weighted by Crippen LogP contribution is -2.23. The summed E-state index contributed by atoms with van der Waals surface area (Å²) < 4.78 is 7.23. The number of para-hydroxylation sites is 3. The summed E-state index contributed by atoms with van der Waals surface area (Å²) in [6, 6.07) is 117. The molecule has 0 radical (unpaired) electrons. The Morgan fingerprint density at radius 1 is 0.248 bits per heavy atom. The van der Waals surface area contributed by atoms with Crippen molar-refractivity contribution in [2.75, 3.05) is 0 Å². The van der Waals surface area contributed by atoms with Gasteiger partial charge in [0.2, 0.25) is 0 Å². The summed E-state index contributed by atoms with van der Waals surface area (Å²) >= 11 is 0. The van der Waals surface area contributed by atoms with E-state index in [1.165, 1.54) is 198 Å². The maximum absolute atomic E-state index is 4.42. The van der Waals surface area contributed by atoms with Crippen LogP contribution in [0.25, 0.3) is 159 Å². The molecule has 5 heterocycles. The Labute approximate surface area is 632 Å². The van der Waals surface area contributed by atoms with Crippen molar-refractivity contribution in [2.24, 2.45) is 0 Å². The molecule has 4 aliphatic rings. The first-order chi connectivity index (χ1) is 53.4. The van der Waals surface area contributed by atoms with Crippen LogP contribution in [0.3, 0.4) is 0 Å². The predicted octanol–water partition coefficient (Wildman–Crippen LogP) is 26.7. The second kappa shape index (κ2) is 23.4. The first-order valence-corrected chi connectivity index (χ1v) is 38.3. The van der Waals surface area contributed by atoms with Gasteiger partial charge in [0, 0.05) is 101 Å². The number of aromatic nitrogens is 5. The standard InChI is InChI=1S/C44H31N.2C30H22N2/c1-44(2)36-19-9-7-17-34(36)43-41-28(12-11-20-37(41)44)26-39-42(43)35-18-8-10-21-38(35)45(39)29-24-22-27(23-25-29)40-32-15-5-3-13-30(32)31-14-4-6-16-33(31)40;1-30(2)23-13-5-3-11-21(23)29-27-19(9-7-14-24(27)30)17-26-28(29)22-12-4-6-15-25(22)32(26)20-10-8-16-31-18-20;1-30(2)23-11-5-3-9-21(23)29-27-19(8-7-12-24(27)30)18-26-28(29)22-10-4-6-13-25(22)32(26)20-14-16-31-17-15-20/h3-26,40H,1-2H3;2*3-18H,1-2H3. The lowest BCUT2D eigenvalue weighted by Gasteiger charge is -2.35. The third kappa shape index (κ3) is 8.90. The molecule has 0 amide bonds. The molecule has 20 aromatic rings. The van der Waals surface area contributed by atoms with E-state index < -0.39 is 0 Å². The zero-order chi connectivity index (χ0) is 72.8. The van der Waals surface area contributed by atoms with Crippen molar-refractivity contribution >= 4 is 97.7 Å². The third-order valence-corrected chi connectivity index (χ3v) is 25.2. The van der Waals surface area contributed by atoms with Gasteiger partial charge in [-0.2, -0.15) is 0 Å². The highest BCUT2D eigenvalue weighted by atomic mass is 15.0. The number of fused-ring (bicyclic) bond motifs is 21. The summed E-state index contributed by atoms with van der Waals surface area (Å²) in [6.07, 6.45) is 7.53. The molecule has 5 nitrogen and oxygen atoms in total. The van der Waals surface area contributed by atoms with Crippen molar-refractivity contribution < 1.29 is 0 Å². The lowest BCUT2D eigenvalue weighted by atomic mass is 9.68. The van der Waals surface area contributed by atoms with E-state index in [9.17, 15) is 0 Å². The first kappa shape index (κ1) is 63.1. The molecule has 0 bridgehead atoms. The van der Waals surface area contributed by atoms with Gasteiger partial charge in [-0.15, -0.1) is 0 Å². The minimum Gasteiger partial charge on any atom is -0.309 e. The van der Waals surface area contributed by atoms with E-state index in [1.807, 2.05) is 30.9 Å². The van der Waals surface area contributed by atoms with E-state index >= 15 is 0 Å². The van der Waals surface area contributed by atoms with Crippen LogP contribution in [-0.4, -0.2) is 23.7 Å². The fourth-order valence-corrected chi connectivity index (χ4v) is 20.4. The van der Waals surface area contributed by atoms with Gasteiger partial charge in [-0.25, -0.2) is 0 Å². The summed E-state index contributed by atoms with van der Waals surface area (Å²) in [5, 5.41) is 15.9. The molecule has 0 saturated carbocycles. The lowest BCUT2D eigenvalue weighted by molar-refractivity contribution is 0.645. The zero-order valence-electron chi connectivity index (χ0n) is 61.6. The van der Waals surface area contributed by atoms with Crippen molar-refractivity contribution in [3.05, 3.63) is 390 Å². The van der Waals surface area contributed by atoms with Gasteiger partial charge in [-0.05, 0) is 183 Å². The highest BCUT2D eigenvalue weighted by Crippen LogP contribution is 2.58. The van der Waals surface area contributed by atoms with E-state index in [1.54, 1.807) is 0 Å². The summed E-state index contributed by atoms with van der Waals surface area (Å²) in [4.78, 5) is 8.67. The summed E-state index contributed by atoms with van der Waals surface area (Å²) in [5.41, 5.74) is 34.1. The summed E-state index contributed by atoms with van der Waals surface area (Å²) in [5.74, 6) is 0.247. The third-order valence-electron chi connectivity index (χ3n) is 25.2. The number of benzene rings is 15. The number of hydrogen-bond acceptors (Lipinski definition) is 2. The second-order valence-corrected chi connectivity index (χ2v) is 31.8. The highest BCUT2D eigenvalue weighted by molar-refractivity contribution is 6.28. The smallest absolute Gasteiger partial charge is 0.0645 e. The number of hydrogen-bond donors (Lipinski definition) is 0. The highest BCUT2D eigenvalue weighted by Gasteiger charge is 2.39. The Kier molecular flexibility index (Phi) is 13.5. The van der Waals surface area contributed by atoms with Crippen molar-refractivity contribution in [1.29, 1.82) is 0 Å². The van der Waals surface area contributed by atoms with Crippen LogP contribution in [-0.2, 0) is 16.2 Å².